The molecule has 1 aliphatic heterocycles. The Morgan fingerprint density at radius 3 is 2.13 bits per heavy atom. The summed E-state index contributed by atoms with van der Waals surface area (Å²) >= 11 is 0. The molecule has 3 aromatic carbocycles. The molecule has 3 aromatic rings. The lowest BCUT2D eigenvalue weighted by Crippen LogP contribution is -2.34. The number of likely N-dealkylation sites (N-methyl/N-ethyl adjacent to an activating group) is 1. The number of imide groups is 1. The Kier molecular flexibility index (Phi) is 5.34. The number of ether oxygens (including phenoxy) is 1. The molecule has 156 valence electrons. The van der Waals surface area contributed by atoms with Crippen molar-refractivity contribution in [3.63, 3.8) is 0 Å². The first-order valence-corrected chi connectivity index (χ1v) is 10.1. The van der Waals surface area contributed by atoms with Gasteiger partial charge in [-0.15, -0.1) is 0 Å². The standard InChI is InChI=1S/C26H24N2O3/c1-17-10-15-22(18(2)16-17)28-25(29)23(19-11-13-21(31-4)14-12-19)24(26(28)30)27(3)20-8-6-5-7-9-20/h5-16H,1-4H3. The number of carbonyl (C=O) groups is 2. The van der Waals surface area contributed by atoms with E-state index in [0.29, 0.717) is 28.3 Å². The predicted molar refractivity (Wildman–Crippen MR) is 123 cm³/mol. The molecular weight excluding hydrogens is 388 g/mol. The van der Waals surface area contributed by atoms with Crippen molar-refractivity contribution in [1.82, 2.24) is 0 Å². The van der Waals surface area contributed by atoms with Crippen LogP contribution in [-0.4, -0.2) is 26.0 Å². The van der Waals surface area contributed by atoms with Crippen LogP contribution in [0.25, 0.3) is 5.57 Å². The summed E-state index contributed by atoms with van der Waals surface area (Å²) < 4.78 is 5.25. The average molecular weight is 412 g/mol. The molecule has 0 unspecified atom stereocenters. The number of nitrogens with zero attached hydrogens (tertiary/aromatic N) is 2. The van der Waals surface area contributed by atoms with Crippen LogP contribution in [0, 0.1) is 13.8 Å². The van der Waals surface area contributed by atoms with Crippen molar-refractivity contribution in [2.45, 2.75) is 13.8 Å². The zero-order chi connectivity index (χ0) is 22.1. The molecule has 0 aliphatic carbocycles. The molecule has 0 fully saturated rings. The minimum atomic E-state index is -0.339. The number of hydrogen-bond acceptors (Lipinski definition) is 4. The fourth-order valence-corrected chi connectivity index (χ4v) is 3.90. The smallest absolute Gasteiger partial charge is 0.282 e. The molecule has 2 amide bonds. The number of para-hydroxylation sites is 1. The van der Waals surface area contributed by atoms with Crippen LogP contribution in [0.5, 0.6) is 5.75 Å². The van der Waals surface area contributed by atoms with Gasteiger partial charge in [0.2, 0.25) is 0 Å². The van der Waals surface area contributed by atoms with E-state index in [1.165, 1.54) is 4.90 Å². The molecule has 0 N–H and O–H groups in total. The second-order valence-electron chi connectivity index (χ2n) is 7.58. The van der Waals surface area contributed by atoms with Gasteiger partial charge < -0.3 is 9.64 Å². The van der Waals surface area contributed by atoms with Gasteiger partial charge in [0, 0.05) is 12.7 Å². The third-order valence-electron chi connectivity index (χ3n) is 5.51. The van der Waals surface area contributed by atoms with Gasteiger partial charge >= 0.3 is 0 Å². The lowest BCUT2D eigenvalue weighted by Gasteiger charge is -2.22. The molecule has 0 radical (unpaired) electrons. The van der Waals surface area contributed by atoms with Crippen LogP contribution < -0.4 is 14.5 Å². The Bertz CT molecular complexity index is 1180. The molecule has 0 saturated carbocycles. The highest BCUT2D eigenvalue weighted by Crippen LogP contribution is 2.37. The molecular formula is C26H24N2O3. The average Bonchev–Trinajstić information content (AvgIpc) is 3.04. The summed E-state index contributed by atoms with van der Waals surface area (Å²) in [5.74, 6) is 0.0133. The van der Waals surface area contributed by atoms with Crippen LogP contribution >= 0.6 is 0 Å². The number of aryl methyl sites for hydroxylation is 2. The van der Waals surface area contributed by atoms with Gasteiger partial charge in [-0.25, -0.2) is 4.90 Å². The van der Waals surface area contributed by atoms with E-state index in [1.54, 1.807) is 24.1 Å². The highest BCUT2D eigenvalue weighted by atomic mass is 16.5. The lowest BCUT2D eigenvalue weighted by atomic mass is 10.0. The van der Waals surface area contributed by atoms with Gasteiger partial charge in [-0.2, -0.15) is 0 Å². The van der Waals surface area contributed by atoms with Crippen molar-refractivity contribution < 1.29 is 14.3 Å². The molecule has 0 atom stereocenters. The zero-order valence-electron chi connectivity index (χ0n) is 18.0. The van der Waals surface area contributed by atoms with Gasteiger partial charge in [0.05, 0.1) is 18.4 Å². The normalized spacial score (nSPS) is 13.7. The first-order valence-electron chi connectivity index (χ1n) is 10.1. The molecule has 0 bridgehead atoms. The first-order chi connectivity index (χ1) is 14.9. The number of anilines is 2. The predicted octanol–water partition coefficient (Wildman–Crippen LogP) is 4.73. The van der Waals surface area contributed by atoms with Crippen LogP contribution in [0.4, 0.5) is 11.4 Å². The summed E-state index contributed by atoms with van der Waals surface area (Å²) in [6, 6.07) is 22.5. The van der Waals surface area contributed by atoms with E-state index in [2.05, 4.69) is 0 Å². The minimum Gasteiger partial charge on any atom is -0.497 e. The highest BCUT2D eigenvalue weighted by molar-refractivity contribution is 6.46. The fourth-order valence-electron chi connectivity index (χ4n) is 3.90. The Morgan fingerprint density at radius 2 is 1.52 bits per heavy atom. The first kappa shape index (κ1) is 20.4. The SMILES string of the molecule is COc1ccc(C2=C(N(C)c3ccccc3)C(=O)N(c3ccc(C)cc3C)C2=O)cc1. The van der Waals surface area contributed by atoms with Crippen molar-refractivity contribution in [2.24, 2.45) is 0 Å². The summed E-state index contributed by atoms with van der Waals surface area (Å²) in [6.07, 6.45) is 0. The topological polar surface area (TPSA) is 49.9 Å². The van der Waals surface area contributed by atoms with E-state index in [0.717, 1.165) is 16.8 Å². The maximum atomic E-state index is 13.7. The molecule has 0 aromatic heterocycles. The highest BCUT2D eigenvalue weighted by Gasteiger charge is 2.42. The van der Waals surface area contributed by atoms with Crippen LogP contribution in [0.2, 0.25) is 0 Å². The Labute approximate surface area is 182 Å². The van der Waals surface area contributed by atoms with Gasteiger partial charge in [0.15, 0.2) is 0 Å². The Hall–Kier alpha value is -3.86. The Morgan fingerprint density at radius 1 is 0.839 bits per heavy atom. The van der Waals surface area contributed by atoms with Crippen LogP contribution in [0.3, 0.4) is 0 Å². The maximum Gasteiger partial charge on any atom is 0.282 e. The van der Waals surface area contributed by atoms with E-state index >= 15 is 0 Å². The maximum absolute atomic E-state index is 13.7. The lowest BCUT2D eigenvalue weighted by molar-refractivity contribution is -0.120. The van der Waals surface area contributed by atoms with Crippen LogP contribution in [0.1, 0.15) is 16.7 Å². The second kappa shape index (κ2) is 8.11. The number of benzene rings is 3. The number of methoxy groups -OCH3 is 1. The molecule has 0 spiro atoms. The van der Waals surface area contributed by atoms with Crippen molar-refractivity contribution in [3.05, 3.63) is 95.2 Å². The van der Waals surface area contributed by atoms with Crippen LogP contribution in [-0.2, 0) is 9.59 Å². The van der Waals surface area contributed by atoms with E-state index in [4.69, 9.17) is 4.74 Å². The number of hydrogen-bond donors (Lipinski definition) is 0. The van der Waals surface area contributed by atoms with Gasteiger partial charge in [-0.3, -0.25) is 9.59 Å². The molecule has 5 nitrogen and oxygen atoms in total. The van der Waals surface area contributed by atoms with Gasteiger partial charge in [-0.05, 0) is 55.3 Å². The second-order valence-corrected chi connectivity index (χ2v) is 7.58. The van der Waals surface area contributed by atoms with E-state index in [9.17, 15) is 9.59 Å². The monoisotopic (exact) mass is 412 g/mol. The summed E-state index contributed by atoms with van der Waals surface area (Å²) in [6.45, 7) is 3.90. The molecule has 31 heavy (non-hydrogen) atoms. The summed E-state index contributed by atoms with van der Waals surface area (Å²) in [7, 11) is 3.40. The fraction of sp³-hybridized carbons (Fsp3) is 0.154. The quantitative estimate of drug-likeness (QED) is 0.569. The van der Waals surface area contributed by atoms with E-state index < -0.39 is 0 Å². The minimum absolute atomic E-state index is 0.333. The molecule has 1 aliphatic rings. The molecule has 5 heteroatoms. The van der Waals surface area contributed by atoms with Crippen molar-refractivity contribution >= 4 is 28.8 Å². The number of carbonyl (C=O) groups excluding carboxylic acids is 2. The summed E-state index contributed by atoms with van der Waals surface area (Å²) in [5, 5.41) is 0. The van der Waals surface area contributed by atoms with Crippen molar-refractivity contribution in [3.8, 4) is 5.75 Å². The molecule has 0 saturated heterocycles. The zero-order valence-corrected chi connectivity index (χ0v) is 18.0. The van der Waals surface area contributed by atoms with E-state index in [-0.39, 0.29) is 11.8 Å². The van der Waals surface area contributed by atoms with E-state index in [1.807, 2.05) is 81.6 Å². The third-order valence-corrected chi connectivity index (χ3v) is 5.51. The summed E-state index contributed by atoms with van der Waals surface area (Å²) in [5.41, 5.74) is 4.77. The Balaban J connectivity index is 1.88. The largest absolute Gasteiger partial charge is 0.497 e. The third kappa shape index (κ3) is 3.59. The summed E-state index contributed by atoms with van der Waals surface area (Å²) in [4.78, 5) is 30.4. The van der Waals surface area contributed by atoms with Crippen LogP contribution in [0.15, 0.2) is 78.5 Å². The number of rotatable bonds is 5. The van der Waals surface area contributed by atoms with Crippen molar-refractivity contribution in [2.75, 3.05) is 24.0 Å². The molecule has 4 rings (SSSR count). The van der Waals surface area contributed by atoms with Gasteiger partial charge in [-0.1, -0.05) is 48.0 Å². The molecule has 1 heterocycles. The van der Waals surface area contributed by atoms with Gasteiger partial charge in [0.1, 0.15) is 11.4 Å². The van der Waals surface area contributed by atoms with Gasteiger partial charge in [0.25, 0.3) is 11.8 Å². The number of amides is 2. The van der Waals surface area contributed by atoms with Crippen molar-refractivity contribution in [1.29, 1.82) is 0 Å².